The fourth-order valence-electron chi connectivity index (χ4n) is 5.74. The highest BCUT2D eigenvalue weighted by Crippen LogP contribution is 2.31. The summed E-state index contributed by atoms with van der Waals surface area (Å²) >= 11 is 3.08. The fraction of sp³-hybridized carbons (Fsp3) is 0.465. The van der Waals surface area contributed by atoms with E-state index in [0.717, 1.165) is 89.8 Å². The number of rotatable bonds is 15. The standard InChI is InChI=1S/C17H18N2O2S.C16H26N2O3.C6H6.C4H7NOS/c1-9(2)13-8-22-17(19-13)12-7-14(20)11-5-6-15(21-4)10(3)16(11)18-12;1-2-3-4-5-11-21-12-15(19)18-10-6-7-14(18)16(20)17-13-8-9-13;1-2-4-6-5-3-1;6-3-5-7-4-1-2-4/h5-9H,1-4H3,(H,18,20);2,13-14H,1,3-12H2,(H,17,20);1-6H;3-4H,1-2H2,(H,5,6). The van der Waals surface area contributed by atoms with Crippen molar-refractivity contribution in [3.05, 3.63) is 94.1 Å². The maximum atomic E-state index is 12.4. The number of allylic oxidation sites excluding steroid dienone is 1. The molecule has 0 bridgehead atoms. The van der Waals surface area contributed by atoms with Crippen molar-refractivity contribution in [1.29, 1.82) is 0 Å². The highest BCUT2D eigenvalue weighted by Gasteiger charge is 2.36. The number of likely N-dealkylation sites (tertiary alicyclic amines) is 1. The third-order valence-corrected chi connectivity index (χ3v) is 11.2. The van der Waals surface area contributed by atoms with Gasteiger partial charge in [-0.1, -0.05) is 56.3 Å². The second-order valence-corrected chi connectivity index (χ2v) is 16.2. The van der Waals surface area contributed by atoms with Gasteiger partial charge in [0.25, 0.3) is 0 Å². The van der Waals surface area contributed by atoms with Gasteiger partial charge in [-0.05, 0) is 94.7 Å². The van der Waals surface area contributed by atoms with Gasteiger partial charge in [-0.25, -0.2) is 4.98 Å². The van der Waals surface area contributed by atoms with Gasteiger partial charge in [-0.3, -0.25) is 19.2 Å². The normalized spacial score (nSPS) is 15.7. The van der Waals surface area contributed by atoms with E-state index in [4.69, 9.17) is 9.47 Å². The number of fused-ring (bicyclic) bond motifs is 1. The number of H-pyrrole nitrogens is 1. The smallest absolute Gasteiger partial charge is 0.249 e. The molecule has 7 rings (SSSR count). The summed E-state index contributed by atoms with van der Waals surface area (Å²) in [7, 11) is 1.63. The summed E-state index contributed by atoms with van der Waals surface area (Å²) in [5.74, 6) is 1.09. The molecular weight excluding hydrogens is 747 g/mol. The van der Waals surface area contributed by atoms with Gasteiger partial charge in [0.15, 0.2) is 5.43 Å². The number of methoxy groups -OCH3 is 1. The molecule has 2 aliphatic carbocycles. The molecule has 1 unspecified atom stereocenters. The number of aromatic nitrogens is 2. The third kappa shape index (κ3) is 14.6. The van der Waals surface area contributed by atoms with Gasteiger partial charge in [-0.2, -0.15) is 0 Å². The van der Waals surface area contributed by atoms with Crippen LogP contribution in [0.3, 0.4) is 0 Å². The summed E-state index contributed by atoms with van der Waals surface area (Å²) in [6, 6.07) is 17.3. The van der Waals surface area contributed by atoms with Gasteiger partial charge in [0.1, 0.15) is 23.4 Å². The first-order valence-corrected chi connectivity index (χ1v) is 21.2. The lowest BCUT2D eigenvalue weighted by Crippen LogP contribution is -2.47. The number of thiazole rings is 1. The number of nitrogens with one attached hydrogen (secondary N) is 3. The number of pyridine rings is 1. The van der Waals surface area contributed by atoms with E-state index in [1.807, 2.05) is 60.8 Å². The minimum Gasteiger partial charge on any atom is -0.496 e. The Labute approximate surface area is 339 Å². The summed E-state index contributed by atoms with van der Waals surface area (Å²) in [4.78, 5) is 55.9. The summed E-state index contributed by atoms with van der Waals surface area (Å²) in [5, 5.41) is 7.26. The monoisotopic (exact) mass is 803 g/mol. The molecule has 56 heavy (non-hydrogen) atoms. The number of benzene rings is 2. The van der Waals surface area contributed by atoms with Crippen molar-refractivity contribution in [3.8, 4) is 16.5 Å². The lowest BCUT2D eigenvalue weighted by molar-refractivity contribution is -0.142. The zero-order valence-electron chi connectivity index (χ0n) is 33.1. The van der Waals surface area contributed by atoms with Gasteiger partial charge >= 0.3 is 0 Å². The second kappa shape index (κ2) is 23.6. The Balaban J connectivity index is 0.000000188. The molecule has 4 aromatic rings. The van der Waals surface area contributed by atoms with Crippen LogP contribution in [0, 0.1) is 6.92 Å². The van der Waals surface area contributed by atoms with Gasteiger partial charge in [0.05, 0.1) is 24.0 Å². The quantitative estimate of drug-likeness (QED) is 0.0476. The molecule has 3 aliphatic rings. The van der Waals surface area contributed by atoms with Crippen molar-refractivity contribution in [2.75, 3.05) is 26.9 Å². The Kier molecular flexibility index (Phi) is 18.6. The molecule has 0 spiro atoms. The number of carbonyl (C=O) groups excluding carboxylic acids is 3. The van der Waals surface area contributed by atoms with Crippen LogP contribution in [0.25, 0.3) is 21.6 Å². The van der Waals surface area contributed by atoms with Crippen molar-refractivity contribution in [1.82, 2.24) is 24.9 Å². The van der Waals surface area contributed by atoms with E-state index in [9.17, 15) is 19.2 Å². The SMILES string of the molecule is C=CCCCCOCC(=O)N1CCCC1C(=O)NC1CC1.COc1ccc2c(=O)cc(-c3nc(C(C)C)cs3)[nH]c2c1C.O=CNSC1CC1.c1ccccc1. The van der Waals surface area contributed by atoms with E-state index in [0.29, 0.717) is 30.5 Å². The highest BCUT2D eigenvalue weighted by atomic mass is 32.2. The Bertz CT molecular complexity index is 1860. The van der Waals surface area contributed by atoms with Gasteiger partial charge in [0.2, 0.25) is 18.2 Å². The zero-order chi connectivity index (χ0) is 40.3. The topological polar surface area (TPSA) is 143 Å². The average molecular weight is 804 g/mol. The predicted molar refractivity (Wildman–Crippen MR) is 228 cm³/mol. The minimum absolute atomic E-state index is 0.00389. The van der Waals surface area contributed by atoms with E-state index in [-0.39, 0.29) is 29.9 Å². The molecule has 2 aromatic carbocycles. The largest absolute Gasteiger partial charge is 0.496 e. The maximum absolute atomic E-state index is 12.4. The molecule has 0 radical (unpaired) electrons. The Hall–Kier alpha value is -4.46. The molecule has 302 valence electrons. The number of hydrogen-bond acceptors (Lipinski definition) is 9. The molecule has 2 aromatic heterocycles. The van der Waals surface area contributed by atoms with E-state index in [1.165, 1.54) is 24.8 Å². The van der Waals surface area contributed by atoms with Crippen LogP contribution in [0.15, 0.2) is 77.4 Å². The molecule has 1 atom stereocenters. The second-order valence-electron chi connectivity index (χ2n) is 14.2. The van der Waals surface area contributed by atoms with Crippen molar-refractivity contribution in [2.24, 2.45) is 0 Å². The third-order valence-electron chi connectivity index (χ3n) is 9.23. The number of amides is 3. The molecule has 3 fully saturated rings. The fourth-order valence-corrected chi connectivity index (χ4v) is 7.31. The molecule has 13 heteroatoms. The summed E-state index contributed by atoms with van der Waals surface area (Å²) in [6.07, 6.45) is 11.9. The van der Waals surface area contributed by atoms with Crippen LogP contribution in [0.1, 0.15) is 88.8 Å². The first kappa shape index (κ1) is 44.3. The van der Waals surface area contributed by atoms with Crippen molar-refractivity contribution in [2.45, 2.75) is 102 Å². The predicted octanol–water partition coefficient (Wildman–Crippen LogP) is 7.95. The lowest BCUT2D eigenvalue weighted by atomic mass is 10.1. The van der Waals surface area contributed by atoms with Crippen molar-refractivity contribution in [3.63, 3.8) is 0 Å². The Morgan fingerprint density at radius 3 is 2.39 bits per heavy atom. The molecule has 2 saturated carbocycles. The van der Waals surface area contributed by atoms with Crippen LogP contribution in [-0.2, 0) is 19.1 Å². The summed E-state index contributed by atoms with van der Waals surface area (Å²) in [6.45, 7) is 11.2. The molecule has 1 aliphatic heterocycles. The van der Waals surface area contributed by atoms with Crippen molar-refractivity contribution >= 4 is 52.4 Å². The number of nitrogens with zero attached hydrogens (tertiary/aromatic N) is 2. The van der Waals surface area contributed by atoms with Gasteiger partial charge in [0, 0.05) is 46.8 Å². The molecule has 1 saturated heterocycles. The minimum atomic E-state index is -0.289. The maximum Gasteiger partial charge on any atom is 0.249 e. The van der Waals surface area contributed by atoms with Gasteiger partial charge in [-0.15, -0.1) is 17.9 Å². The average Bonchev–Trinajstić information content (AvgIpc) is 4.11. The number of carbonyl (C=O) groups is 3. The van der Waals surface area contributed by atoms with Crippen LogP contribution in [-0.4, -0.2) is 77.3 Å². The lowest BCUT2D eigenvalue weighted by Gasteiger charge is -2.24. The van der Waals surface area contributed by atoms with Crippen molar-refractivity contribution < 1.29 is 23.9 Å². The molecule has 3 N–H and O–H groups in total. The van der Waals surface area contributed by atoms with Crippen LogP contribution in [0.5, 0.6) is 5.75 Å². The van der Waals surface area contributed by atoms with E-state index < -0.39 is 0 Å². The van der Waals surface area contributed by atoms with Gasteiger partial charge < -0.3 is 29.4 Å². The summed E-state index contributed by atoms with van der Waals surface area (Å²) < 4.78 is 13.3. The highest BCUT2D eigenvalue weighted by molar-refractivity contribution is 7.98. The van der Waals surface area contributed by atoms with E-state index >= 15 is 0 Å². The van der Waals surface area contributed by atoms with Crippen LogP contribution < -0.4 is 20.2 Å². The van der Waals surface area contributed by atoms with Crippen LogP contribution >= 0.6 is 23.3 Å². The number of hydrogen-bond donors (Lipinski definition) is 3. The van der Waals surface area contributed by atoms with E-state index in [1.54, 1.807) is 35.5 Å². The first-order chi connectivity index (χ1) is 27.2. The number of aromatic amines is 1. The molecule has 3 amide bonds. The number of aryl methyl sites for hydroxylation is 1. The molecule has 3 heterocycles. The number of unbranched alkanes of at least 4 members (excludes halogenated alkanes) is 2. The molecule has 11 nitrogen and oxygen atoms in total. The Morgan fingerprint density at radius 2 is 1.80 bits per heavy atom. The molecular formula is C43H57N5O6S2. The van der Waals surface area contributed by atoms with E-state index in [2.05, 4.69) is 40.4 Å². The zero-order valence-corrected chi connectivity index (χ0v) is 34.7. The first-order valence-electron chi connectivity index (χ1n) is 19.5. The Morgan fingerprint density at radius 1 is 1.09 bits per heavy atom. The van der Waals surface area contributed by atoms with Crippen LogP contribution in [0.2, 0.25) is 0 Å². The number of ether oxygens (including phenoxy) is 2. The van der Waals surface area contributed by atoms with Crippen LogP contribution in [0.4, 0.5) is 0 Å². The summed E-state index contributed by atoms with van der Waals surface area (Å²) in [5.41, 5.74) is 3.53.